The van der Waals surface area contributed by atoms with Gasteiger partial charge in [-0.05, 0) is 96.1 Å². The van der Waals surface area contributed by atoms with E-state index in [9.17, 15) is 14.4 Å². The molecule has 0 N–H and O–H groups in total. The zero-order valence-electron chi connectivity index (χ0n) is 37.5. The molecule has 0 fully saturated rings. The first-order valence-corrected chi connectivity index (χ1v) is 23.3. The van der Waals surface area contributed by atoms with Crippen molar-refractivity contribution in [3.63, 3.8) is 0 Å². The lowest BCUT2D eigenvalue weighted by Crippen LogP contribution is -2.27. The molecule has 8 heteroatoms. The molecule has 0 bridgehead atoms. The molecular formula is C49H87NO7. The molecule has 330 valence electrons. The Bertz CT molecular complexity index is 1050. The Kier molecular flexibility index (Phi) is 40.6. The van der Waals surface area contributed by atoms with Gasteiger partial charge in [0.25, 0.3) is 0 Å². The minimum Gasteiger partial charge on any atom is -0.465 e. The summed E-state index contributed by atoms with van der Waals surface area (Å²) in [5.74, 6) is -0.540. The lowest BCUT2D eigenvalue weighted by Gasteiger charge is -2.18. The number of nitrogens with zero attached hydrogens (tertiary/aromatic N) is 1. The highest BCUT2D eigenvalue weighted by Crippen LogP contribution is 2.13. The van der Waals surface area contributed by atoms with Gasteiger partial charge in [-0.15, -0.1) is 0 Å². The molecule has 0 saturated carbocycles. The van der Waals surface area contributed by atoms with E-state index in [1.54, 1.807) is 0 Å². The van der Waals surface area contributed by atoms with Crippen LogP contribution in [0.15, 0.2) is 48.6 Å². The number of carbonyl (C=O) groups excluding carboxylic acids is 3. The summed E-state index contributed by atoms with van der Waals surface area (Å²) in [6.07, 6.45) is 42.5. The first kappa shape index (κ1) is 54.1. The van der Waals surface area contributed by atoms with Crippen LogP contribution in [-0.4, -0.2) is 69.1 Å². The molecule has 0 aromatic rings. The number of carbonyl (C=O) groups is 3. The molecule has 0 amide bonds. The van der Waals surface area contributed by atoms with E-state index in [1.165, 1.54) is 51.4 Å². The van der Waals surface area contributed by atoms with Crippen LogP contribution >= 0.6 is 0 Å². The third kappa shape index (κ3) is 39.7. The smallest absolute Gasteiger partial charge is 0.465 e. The maximum Gasteiger partial charge on any atom is 0.508 e. The van der Waals surface area contributed by atoms with Crippen LogP contribution in [0.2, 0.25) is 0 Å². The molecule has 0 heterocycles. The van der Waals surface area contributed by atoms with E-state index in [0.717, 1.165) is 110 Å². The van der Waals surface area contributed by atoms with Crippen molar-refractivity contribution in [2.45, 2.75) is 189 Å². The monoisotopic (exact) mass is 802 g/mol. The molecular weight excluding hydrogens is 715 g/mol. The number of rotatable bonds is 40. The van der Waals surface area contributed by atoms with Gasteiger partial charge in [0.05, 0.1) is 12.5 Å². The predicted octanol–water partition coefficient (Wildman–Crippen LogP) is 13.4. The van der Waals surface area contributed by atoms with E-state index in [-0.39, 0.29) is 38.4 Å². The van der Waals surface area contributed by atoms with Gasteiger partial charge in [0, 0.05) is 19.4 Å². The zero-order chi connectivity index (χ0) is 41.9. The number of esters is 2. The highest BCUT2D eigenvalue weighted by Gasteiger charge is 2.18. The van der Waals surface area contributed by atoms with Crippen molar-refractivity contribution in [2.75, 3.05) is 46.1 Å². The molecule has 8 nitrogen and oxygen atoms in total. The van der Waals surface area contributed by atoms with Crippen LogP contribution in [0.1, 0.15) is 189 Å². The molecule has 0 radical (unpaired) electrons. The van der Waals surface area contributed by atoms with Crippen molar-refractivity contribution in [1.82, 2.24) is 4.90 Å². The van der Waals surface area contributed by atoms with Crippen molar-refractivity contribution < 1.29 is 33.3 Å². The Labute approximate surface area is 350 Å². The number of allylic oxidation sites excluding steroid dienone is 8. The van der Waals surface area contributed by atoms with E-state index in [1.807, 2.05) is 0 Å². The molecule has 2 unspecified atom stereocenters. The van der Waals surface area contributed by atoms with Crippen molar-refractivity contribution in [3.8, 4) is 0 Å². The molecule has 0 spiro atoms. The van der Waals surface area contributed by atoms with Gasteiger partial charge in [-0.2, -0.15) is 0 Å². The van der Waals surface area contributed by atoms with Gasteiger partial charge in [0.15, 0.2) is 0 Å². The van der Waals surface area contributed by atoms with Gasteiger partial charge in [-0.25, -0.2) is 4.79 Å². The largest absolute Gasteiger partial charge is 0.508 e. The first-order chi connectivity index (χ1) is 27.9. The molecule has 2 atom stereocenters. The maximum atomic E-state index is 12.5. The Balaban J connectivity index is 4.42. The second kappa shape index (κ2) is 42.7. The van der Waals surface area contributed by atoms with Crippen molar-refractivity contribution >= 4 is 18.1 Å². The summed E-state index contributed by atoms with van der Waals surface area (Å²) < 4.78 is 21.7. The predicted molar refractivity (Wildman–Crippen MR) is 238 cm³/mol. The van der Waals surface area contributed by atoms with Gasteiger partial charge >= 0.3 is 18.1 Å². The zero-order valence-corrected chi connectivity index (χ0v) is 37.5. The second-order valence-electron chi connectivity index (χ2n) is 15.5. The average Bonchev–Trinajstić information content (AvgIpc) is 3.21. The molecule has 0 aromatic heterocycles. The number of ether oxygens (including phenoxy) is 4. The van der Waals surface area contributed by atoms with Crippen LogP contribution in [0.4, 0.5) is 4.79 Å². The third-order valence-electron chi connectivity index (χ3n) is 10.1. The molecule has 0 aromatic carbocycles. The number of unbranched alkanes of at least 4 members (excludes halogenated alkanes) is 16. The minimum atomic E-state index is -0.762. The lowest BCUT2D eigenvalue weighted by molar-refractivity contribution is -0.150. The van der Waals surface area contributed by atoms with E-state index >= 15 is 0 Å². The molecule has 0 aliphatic rings. The lowest BCUT2D eigenvalue weighted by atomic mass is 10.1. The number of hydrogen-bond donors (Lipinski definition) is 0. The summed E-state index contributed by atoms with van der Waals surface area (Å²) in [5.41, 5.74) is 0. The second-order valence-corrected chi connectivity index (χ2v) is 15.5. The Hall–Kier alpha value is -2.87. The van der Waals surface area contributed by atoms with Gasteiger partial charge in [-0.1, -0.05) is 147 Å². The highest BCUT2D eigenvalue weighted by atomic mass is 16.7. The van der Waals surface area contributed by atoms with Crippen molar-refractivity contribution in [3.05, 3.63) is 48.6 Å². The molecule has 0 rings (SSSR count). The normalized spacial score (nSPS) is 13.0. The van der Waals surface area contributed by atoms with Crippen LogP contribution < -0.4 is 0 Å². The highest BCUT2D eigenvalue weighted by molar-refractivity contribution is 5.69. The van der Waals surface area contributed by atoms with Gasteiger partial charge in [-0.3, -0.25) is 9.59 Å². The van der Waals surface area contributed by atoms with Crippen LogP contribution in [0, 0.1) is 11.8 Å². The fourth-order valence-corrected chi connectivity index (χ4v) is 6.26. The van der Waals surface area contributed by atoms with Gasteiger partial charge in [0.2, 0.25) is 0 Å². The fraction of sp³-hybridized carbons (Fsp3) is 0.776. The van der Waals surface area contributed by atoms with E-state index in [0.29, 0.717) is 18.8 Å². The van der Waals surface area contributed by atoms with E-state index in [4.69, 9.17) is 18.9 Å². The van der Waals surface area contributed by atoms with Gasteiger partial charge in [0.1, 0.15) is 19.8 Å². The molecule has 0 aliphatic carbocycles. The van der Waals surface area contributed by atoms with E-state index < -0.39 is 12.1 Å². The Morgan fingerprint density at radius 2 is 0.930 bits per heavy atom. The van der Waals surface area contributed by atoms with Crippen LogP contribution in [0.3, 0.4) is 0 Å². The summed E-state index contributed by atoms with van der Waals surface area (Å²) in [6.45, 7) is 13.9. The standard InChI is InChI=1S/C49H87NO7/c1-6-10-12-14-15-16-17-18-19-20-21-22-25-29-33-38-47(51)55-42-46(44-57-49(53)54-41-35-40-50(8-3)9-4)43-56-48(52)39-34-30-26-23-24-28-32-37-45(5)36-31-27-13-11-7-2/h15-16,18-19,31-32,36-37,45-46H,6-14,17,20-30,33-35,38-44H2,1-5H3/b16-15-,19-18-,36-31-,37-32-. The first-order valence-electron chi connectivity index (χ1n) is 23.3. The Morgan fingerprint density at radius 1 is 0.491 bits per heavy atom. The summed E-state index contributed by atoms with van der Waals surface area (Å²) >= 11 is 0. The van der Waals surface area contributed by atoms with Crippen molar-refractivity contribution in [2.24, 2.45) is 11.8 Å². The topological polar surface area (TPSA) is 91.4 Å². The summed E-state index contributed by atoms with van der Waals surface area (Å²) in [4.78, 5) is 39.6. The van der Waals surface area contributed by atoms with Crippen LogP contribution in [-0.2, 0) is 28.5 Å². The molecule has 0 saturated heterocycles. The maximum absolute atomic E-state index is 12.5. The Morgan fingerprint density at radius 3 is 1.42 bits per heavy atom. The minimum absolute atomic E-state index is 0.0176. The number of hydrogen-bond acceptors (Lipinski definition) is 8. The SMILES string of the molecule is CCCCC/C=C\C/C=C\CCCCCCCC(=O)OCC(COC(=O)CCCCCCC/C=C\C(C)/C=C\CCCCC)COC(=O)OCCCN(CC)CC. The van der Waals surface area contributed by atoms with Crippen molar-refractivity contribution in [1.29, 1.82) is 0 Å². The average molecular weight is 802 g/mol. The molecule has 0 aliphatic heterocycles. The summed E-state index contributed by atoms with van der Waals surface area (Å²) in [5, 5.41) is 0. The van der Waals surface area contributed by atoms with Crippen LogP contribution in [0.5, 0.6) is 0 Å². The summed E-state index contributed by atoms with van der Waals surface area (Å²) in [6, 6.07) is 0. The fourth-order valence-electron chi connectivity index (χ4n) is 6.26. The van der Waals surface area contributed by atoms with Crippen LogP contribution in [0.25, 0.3) is 0 Å². The molecule has 57 heavy (non-hydrogen) atoms. The summed E-state index contributed by atoms with van der Waals surface area (Å²) in [7, 11) is 0. The third-order valence-corrected chi connectivity index (χ3v) is 10.1. The quantitative estimate of drug-likeness (QED) is 0.0262. The van der Waals surface area contributed by atoms with Gasteiger partial charge < -0.3 is 23.8 Å². The van der Waals surface area contributed by atoms with E-state index in [2.05, 4.69) is 88.1 Å².